The number of imidazole rings is 1. The normalized spacial score (nSPS) is 12.0. The summed E-state index contributed by atoms with van der Waals surface area (Å²) in [6.07, 6.45) is 2.00. The number of nitrogens with zero attached hydrogens (tertiary/aromatic N) is 1. The van der Waals surface area contributed by atoms with Crippen LogP contribution in [-0.4, -0.2) is 23.4 Å². The molecule has 0 aliphatic heterocycles. The van der Waals surface area contributed by atoms with Gasteiger partial charge in [0.2, 0.25) is 0 Å². The van der Waals surface area contributed by atoms with Gasteiger partial charge in [0.25, 0.3) is 10.0 Å². The smallest absolute Gasteiger partial charge is 0.257 e. The highest BCUT2D eigenvalue weighted by Gasteiger charge is 2.16. The number of sulfonamides is 1. The molecule has 2 aromatic heterocycles. The number of para-hydroxylation sites is 1. The van der Waals surface area contributed by atoms with Crippen molar-refractivity contribution in [3.05, 3.63) is 48.0 Å². The van der Waals surface area contributed by atoms with Crippen molar-refractivity contribution < 1.29 is 8.42 Å². The first kappa shape index (κ1) is 13.8. The van der Waals surface area contributed by atoms with Crippen LogP contribution >= 0.6 is 0 Å². The minimum Gasteiger partial charge on any atom is -0.357 e. The standard InChI is InChI=1S/C14H16N4O2S/c1-2-13-15-9-14(18-13)21(19,20)16-8-11-7-10-5-3-4-6-12(10)17-11/h3-7,9,16-17H,2,8H2,1H3,(H,15,18). The quantitative estimate of drug-likeness (QED) is 0.672. The van der Waals surface area contributed by atoms with Crippen LogP contribution in [0.5, 0.6) is 0 Å². The van der Waals surface area contributed by atoms with Crippen molar-refractivity contribution in [1.29, 1.82) is 0 Å². The van der Waals surface area contributed by atoms with Crippen LogP contribution in [-0.2, 0) is 23.0 Å². The zero-order valence-electron chi connectivity index (χ0n) is 11.6. The molecular weight excluding hydrogens is 288 g/mol. The fourth-order valence-corrected chi connectivity index (χ4v) is 3.08. The molecule has 6 nitrogen and oxygen atoms in total. The maximum Gasteiger partial charge on any atom is 0.257 e. The second-order valence-corrected chi connectivity index (χ2v) is 6.49. The summed E-state index contributed by atoms with van der Waals surface area (Å²) < 4.78 is 26.9. The summed E-state index contributed by atoms with van der Waals surface area (Å²) in [5.41, 5.74) is 1.80. The van der Waals surface area contributed by atoms with Crippen LogP contribution in [0.3, 0.4) is 0 Å². The van der Waals surface area contributed by atoms with E-state index in [0.717, 1.165) is 16.6 Å². The Balaban J connectivity index is 1.76. The Morgan fingerprint density at radius 3 is 2.76 bits per heavy atom. The number of aromatic amines is 2. The molecule has 0 fully saturated rings. The first-order chi connectivity index (χ1) is 10.1. The number of aromatic nitrogens is 3. The van der Waals surface area contributed by atoms with Crippen LogP contribution in [0.1, 0.15) is 18.4 Å². The molecule has 0 atom stereocenters. The summed E-state index contributed by atoms with van der Waals surface area (Å²) in [6, 6.07) is 9.74. The molecule has 7 heteroatoms. The maximum atomic E-state index is 12.2. The second kappa shape index (κ2) is 5.34. The molecular formula is C14H16N4O2S. The number of H-pyrrole nitrogens is 2. The molecule has 1 aromatic carbocycles. The molecule has 0 amide bonds. The molecule has 0 unspecified atom stereocenters. The van der Waals surface area contributed by atoms with Crippen LogP contribution in [0.25, 0.3) is 10.9 Å². The molecule has 0 saturated heterocycles. The third kappa shape index (κ3) is 2.84. The number of hydrogen-bond acceptors (Lipinski definition) is 3. The summed E-state index contributed by atoms with van der Waals surface area (Å²) in [5, 5.41) is 1.15. The van der Waals surface area contributed by atoms with Crippen LogP contribution in [0.4, 0.5) is 0 Å². The second-order valence-electron chi connectivity index (χ2n) is 4.75. The average molecular weight is 304 g/mol. The zero-order valence-corrected chi connectivity index (χ0v) is 12.4. The summed E-state index contributed by atoms with van der Waals surface area (Å²) in [7, 11) is -3.57. The van der Waals surface area contributed by atoms with Crippen LogP contribution < -0.4 is 4.72 Å². The monoisotopic (exact) mass is 304 g/mol. The van der Waals surface area contributed by atoms with Crippen molar-refractivity contribution in [3.8, 4) is 0 Å². The summed E-state index contributed by atoms with van der Waals surface area (Å²) in [6.45, 7) is 2.12. The molecule has 110 valence electrons. The van der Waals surface area contributed by atoms with Crippen molar-refractivity contribution in [1.82, 2.24) is 19.7 Å². The van der Waals surface area contributed by atoms with Gasteiger partial charge in [-0.05, 0) is 17.5 Å². The first-order valence-electron chi connectivity index (χ1n) is 6.68. The lowest BCUT2D eigenvalue weighted by Gasteiger charge is -2.02. The highest BCUT2D eigenvalue weighted by Crippen LogP contribution is 2.15. The van der Waals surface area contributed by atoms with E-state index in [-0.39, 0.29) is 11.6 Å². The molecule has 21 heavy (non-hydrogen) atoms. The first-order valence-corrected chi connectivity index (χ1v) is 8.17. The summed E-state index contributed by atoms with van der Waals surface area (Å²) >= 11 is 0. The molecule has 2 heterocycles. The third-order valence-electron chi connectivity index (χ3n) is 3.27. The van der Waals surface area contributed by atoms with Crippen molar-refractivity contribution >= 4 is 20.9 Å². The Hall–Kier alpha value is -2.12. The van der Waals surface area contributed by atoms with Gasteiger partial charge in [-0.3, -0.25) is 0 Å². The van der Waals surface area contributed by atoms with Crippen molar-refractivity contribution in [2.45, 2.75) is 24.9 Å². The Morgan fingerprint density at radius 1 is 1.24 bits per heavy atom. The van der Waals surface area contributed by atoms with E-state index in [0.29, 0.717) is 12.2 Å². The predicted octanol–water partition coefficient (Wildman–Crippen LogP) is 1.93. The predicted molar refractivity (Wildman–Crippen MR) is 80.3 cm³/mol. The van der Waals surface area contributed by atoms with E-state index >= 15 is 0 Å². The molecule has 3 aromatic rings. The minimum atomic E-state index is -3.57. The summed E-state index contributed by atoms with van der Waals surface area (Å²) in [4.78, 5) is 9.99. The molecule has 3 rings (SSSR count). The lowest BCUT2D eigenvalue weighted by Crippen LogP contribution is -2.23. The van der Waals surface area contributed by atoms with E-state index in [1.807, 2.05) is 37.3 Å². The van der Waals surface area contributed by atoms with E-state index in [4.69, 9.17) is 0 Å². The largest absolute Gasteiger partial charge is 0.357 e. The summed E-state index contributed by atoms with van der Waals surface area (Å²) in [5.74, 6) is 0.654. The SMILES string of the molecule is CCc1ncc(S(=O)(=O)NCc2cc3ccccc3[nH]2)[nH]1. The third-order valence-corrected chi connectivity index (χ3v) is 4.58. The van der Waals surface area contributed by atoms with Gasteiger partial charge in [0, 0.05) is 17.6 Å². The average Bonchev–Trinajstić information content (AvgIpc) is 3.11. The lowest BCUT2D eigenvalue weighted by atomic mass is 10.2. The molecule has 0 aliphatic rings. The molecule has 0 saturated carbocycles. The van der Waals surface area contributed by atoms with Gasteiger partial charge in [0.15, 0.2) is 5.03 Å². The van der Waals surface area contributed by atoms with Crippen LogP contribution in [0, 0.1) is 0 Å². The van der Waals surface area contributed by atoms with E-state index in [9.17, 15) is 8.42 Å². The number of aryl methyl sites for hydroxylation is 1. The number of nitrogens with one attached hydrogen (secondary N) is 3. The molecule has 0 spiro atoms. The van der Waals surface area contributed by atoms with Gasteiger partial charge in [-0.15, -0.1) is 0 Å². The maximum absolute atomic E-state index is 12.2. The molecule has 0 bridgehead atoms. The van der Waals surface area contributed by atoms with Gasteiger partial charge in [0.05, 0.1) is 12.7 Å². The molecule has 0 radical (unpaired) electrons. The number of rotatable bonds is 5. The van der Waals surface area contributed by atoms with Gasteiger partial charge < -0.3 is 9.97 Å². The van der Waals surface area contributed by atoms with Gasteiger partial charge in [0.1, 0.15) is 5.82 Å². The van der Waals surface area contributed by atoms with Gasteiger partial charge in [-0.25, -0.2) is 18.1 Å². The Morgan fingerprint density at radius 2 is 2.05 bits per heavy atom. The van der Waals surface area contributed by atoms with E-state index in [2.05, 4.69) is 19.7 Å². The lowest BCUT2D eigenvalue weighted by molar-refractivity contribution is 0.577. The Labute approximate surface area is 122 Å². The topological polar surface area (TPSA) is 90.6 Å². The zero-order chi connectivity index (χ0) is 14.9. The number of fused-ring (bicyclic) bond motifs is 1. The highest BCUT2D eigenvalue weighted by atomic mass is 32.2. The fourth-order valence-electron chi connectivity index (χ4n) is 2.14. The van der Waals surface area contributed by atoms with Gasteiger partial charge in [-0.1, -0.05) is 25.1 Å². The van der Waals surface area contributed by atoms with E-state index < -0.39 is 10.0 Å². The van der Waals surface area contributed by atoms with E-state index in [1.54, 1.807) is 0 Å². The minimum absolute atomic E-state index is 0.0930. The molecule has 0 aliphatic carbocycles. The van der Waals surface area contributed by atoms with E-state index in [1.165, 1.54) is 6.20 Å². The molecule has 3 N–H and O–H groups in total. The number of hydrogen-bond donors (Lipinski definition) is 3. The fraction of sp³-hybridized carbons (Fsp3) is 0.214. The highest BCUT2D eigenvalue weighted by molar-refractivity contribution is 7.89. The van der Waals surface area contributed by atoms with Crippen molar-refractivity contribution in [2.75, 3.05) is 0 Å². The van der Waals surface area contributed by atoms with Gasteiger partial charge >= 0.3 is 0 Å². The Kier molecular flexibility index (Phi) is 3.52. The van der Waals surface area contributed by atoms with Crippen LogP contribution in [0.15, 0.2) is 41.6 Å². The Bertz CT molecular complexity index is 831. The van der Waals surface area contributed by atoms with Crippen LogP contribution in [0.2, 0.25) is 0 Å². The van der Waals surface area contributed by atoms with Crippen molar-refractivity contribution in [3.63, 3.8) is 0 Å². The number of benzene rings is 1. The van der Waals surface area contributed by atoms with Crippen molar-refractivity contribution in [2.24, 2.45) is 0 Å². The van der Waals surface area contributed by atoms with Gasteiger partial charge in [-0.2, -0.15) is 0 Å².